The first-order chi connectivity index (χ1) is 5.75. The fourth-order valence-corrected chi connectivity index (χ4v) is 1.78. The van der Waals surface area contributed by atoms with Crippen molar-refractivity contribution in [1.29, 1.82) is 0 Å². The van der Waals surface area contributed by atoms with E-state index in [1.807, 2.05) is 12.1 Å². The van der Waals surface area contributed by atoms with Gasteiger partial charge in [-0.3, -0.25) is 0 Å². The van der Waals surface area contributed by atoms with Crippen molar-refractivity contribution in [3.8, 4) is 0 Å². The summed E-state index contributed by atoms with van der Waals surface area (Å²) in [5.74, 6) is 0. The zero-order valence-electron chi connectivity index (χ0n) is 7.10. The molecule has 2 rings (SSSR count). The molecule has 0 aromatic heterocycles. The van der Waals surface area contributed by atoms with E-state index < -0.39 is 0 Å². The predicted octanol–water partition coefficient (Wildman–Crippen LogP) is 3.09. The number of anilines is 1. The first-order valence-corrected chi connectivity index (χ1v) is 4.68. The van der Waals surface area contributed by atoms with Gasteiger partial charge < -0.3 is 5.32 Å². The molecule has 0 saturated heterocycles. The Bertz CT molecular complexity index is 296. The molecule has 0 fully saturated rings. The molecule has 0 bridgehead atoms. The lowest BCUT2D eigenvalue weighted by Gasteiger charge is -2.23. The first kappa shape index (κ1) is 7.93. The number of aryl methyl sites for hydroxylation is 1. The highest BCUT2D eigenvalue weighted by Gasteiger charge is 2.13. The molecule has 1 nitrogen and oxygen atoms in total. The van der Waals surface area contributed by atoms with Crippen molar-refractivity contribution < 1.29 is 0 Å². The second-order valence-electron chi connectivity index (χ2n) is 3.39. The Labute approximate surface area is 77.7 Å². The Morgan fingerprint density at radius 2 is 2.33 bits per heavy atom. The van der Waals surface area contributed by atoms with Crippen molar-refractivity contribution in [2.45, 2.75) is 25.8 Å². The van der Waals surface area contributed by atoms with Crippen LogP contribution in [0.15, 0.2) is 18.2 Å². The molecule has 1 N–H and O–H groups in total. The van der Waals surface area contributed by atoms with Crippen molar-refractivity contribution in [3.63, 3.8) is 0 Å². The van der Waals surface area contributed by atoms with Crippen LogP contribution in [-0.2, 0) is 6.42 Å². The second-order valence-corrected chi connectivity index (χ2v) is 3.82. The van der Waals surface area contributed by atoms with Crippen molar-refractivity contribution in [3.05, 3.63) is 28.8 Å². The van der Waals surface area contributed by atoms with E-state index in [9.17, 15) is 0 Å². The van der Waals surface area contributed by atoms with Gasteiger partial charge in [-0.05, 0) is 37.5 Å². The minimum absolute atomic E-state index is 0.580. The maximum atomic E-state index is 5.88. The summed E-state index contributed by atoms with van der Waals surface area (Å²) in [6.45, 7) is 2.20. The third-order valence-corrected chi connectivity index (χ3v) is 2.56. The molecule has 0 unspecified atom stereocenters. The van der Waals surface area contributed by atoms with E-state index >= 15 is 0 Å². The van der Waals surface area contributed by atoms with Gasteiger partial charge in [-0.15, -0.1) is 0 Å². The molecule has 0 aliphatic carbocycles. The summed E-state index contributed by atoms with van der Waals surface area (Å²) < 4.78 is 0. The van der Waals surface area contributed by atoms with E-state index in [1.165, 1.54) is 24.1 Å². The number of hydrogen-bond donors (Lipinski definition) is 1. The summed E-state index contributed by atoms with van der Waals surface area (Å²) in [6.07, 6.45) is 2.38. The topological polar surface area (TPSA) is 12.0 Å². The lowest BCUT2D eigenvalue weighted by atomic mass is 9.99. The average Bonchev–Trinajstić information content (AvgIpc) is 2.03. The normalized spacial score (nSPS) is 21.3. The third-order valence-electron chi connectivity index (χ3n) is 2.32. The SMILES string of the molecule is C[C@H]1CCc2ccc(Cl)cc2N1. The van der Waals surface area contributed by atoms with Gasteiger partial charge in [0, 0.05) is 16.8 Å². The minimum atomic E-state index is 0.580. The van der Waals surface area contributed by atoms with Crippen LogP contribution in [0.2, 0.25) is 5.02 Å². The van der Waals surface area contributed by atoms with Crippen LogP contribution >= 0.6 is 11.6 Å². The molecule has 12 heavy (non-hydrogen) atoms. The van der Waals surface area contributed by atoms with Crippen molar-refractivity contribution >= 4 is 17.3 Å². The number of fused-ring (bicyclic) bond motifs is 1. The summed E-state index contributed by atoms with van der Waals surface area (Å²) in [7, 11) is 0. The highest BCUT2D eigenvalue weighted by Crippen LogP contribution is 2.27. The van der Waals surface area contributed by atoms with Gasteiger partial charge in [-0.25, -0.2) is 0 Å². The molecular formula is C10H12ClN. The number of benzene rings is 1. The summed E-state index contributed by atoms with van der Waals surface area (Å²) in [5.41, 5.74) is 2.60. The standard InChI is InChI=1S/C10H12ClN/c1-7-2-3-8-4-5-9(11)6-10(8)12-7/h4-7,12H,2-3H2,1H3/t7-/m0/s1. The van der Waals surface area contributed by atoms with Crippen molar-refractivity contribution in [2.24, 2.45) is 0 Å². The smallest absolute Gasteiger partial charge is 0.0426 e. The van der Waals surface area contributed by atoms with E-state index in [2.05, 4.69) is 18.3 Å². The molecular weight excluding hydrogens is 170 g/mol. The largest absolute Gasteiger partial charge is 0.382 e. The van der Waals surface area contributed by atoms with Crippen LogP contribution in [0, 0.1) is 0 Å². The predicted molar refractivity (Wildman–Crippen MR) is 52.9 cm³/mol. The van der Waals surface area contributed by atoms with Crippen LogP contribution in [0.4, 0.5) is 5.69 Å². The number of hydrogen-bond acceptors (Lipinski definition) is 1. The molecule has 1 aromatic carbocycles. The fourth-order valence-electron chi connectivity index (χ4n) is 1.61. The van der Waals surface area contributed by atoms with E-state index in [1.54, 1.807) is 0 Å². The van der Waals surface area contributed by atoms with E-state index in [4.69, 9.17) is 11.6 Å². The molecule has 0 spiro atoms. The fraction of sp³-hybridized carbons (Fsp3) is 0.400. The molecule has 1 aliphatic heterocycles. The maximum absolute atomic E-state index is 5.88. The van der Waals surface area contributed by atoms with E-state index in [0.29, 0.717) is 6.04 Å². The zero-order chi connectivity index (χ0) is 8.55. The zero-order valence-corrected chi connectivity index (χ0v) is 7.86. The summed E-state index contributed by atoms with van der Waals surface area (Å²) >= 11 is 5.88. The minimum Gasteiger partial charge on any atom is -0.382 e. The Hall–Kier alpha value is -0.690. The molecule has 1 atom stereocenters. The number of halogens is 1. The van der Waals surface area contributed by atoms with E-state index in [-0.39, 0.29) is 0 Å². The monoisotopic (exact) mass is 181 g/mol. The Kier molecular flexibility index (Phi) is 1.97. The molecule has 2 heteroatoms. The maximum Gasteiger partial charge on any atom is 0.0426 e. The van der Waals surface area contributed by atoms with Gasteiger partial charge in [0.15, 0.2) is 0 Å². The highest BCUT2D eigenvalue weighted by molar-refractivity contribution is 6.30. The first-order valence-electron chi connectivity index (χ1n) is 4.30. The van der Waals surface area contributed by atoms with Crippen LogP contribution in [0.3, 0.4) is 0 Å². The van der Waals surface area contributed by atoms with Gasteiger partial charge >= 0.3 is 0 Å². The summed E-state index contributed by atoms with van der Waals surface area (Å²) in [4.78, 5) is 0. The number of nitrogens with one attached hydrogen (secondary N) is 1. The molecule has 0 radical (unpaired) electrons. The number of rotatable bonds is 0. The molecule has 1 aliphatic rings. The molecule has 1 heterocycles. The van der Waals surface area contributed by atoms with Crippen LogP contribution in [-0.4, -0.2) is 6.04 Å². The lowest BCUT2D eigenvalue weighted by molar-refractivity contribution is 0.681. The van der Waals surface area contributed by atoms with Gasteiger partial charge in [0.05, 0.1) is 0 Å². The average molecular weight is 182 g/mol. The highest BCUT2D eigenvalue weighted by atomic mass is 35.5. The molecule has 1 aromatic rings. The Morgan fingerprint density at radius 1 is 1.50 bits per heavy atom. The van der Waals surface area contributed by atoms with Gasteiger partial charge in [0.2, 0.25) is 0 Å². The van der Waals surface area contributed by atoms with Gasteiger partial charge in [0.1, 0.15) is 0 Å². The molecule has 0 saturated carbocycles. The van der Waals surface area contributed by atoms with Gasteiger partial charge in [-0.1, -0.05) is 17.7 Å². The van der Waals surface area contributed by atoms with Gasteiger partial charge in [0.25, 0.3) is 0 Å². The third kappa shape index (κ3) is 1.42. The summed E-state index contributed by atoms with van der Waals surface area (Å²) in [6, 6.07) is 6.65. The lowest BCUT2D eigenvalue weighted by Crippen LogP contribution is -2.21. The van der Waals surface area contributed by atoms with Crippen LogP contribution in [0.5, 0.6) is 0 Å². The quantitative estimate of drug-likeness (QED) is 0.649. The van der Waals surface area contributed by atoms with Crippen LogP contribution in [0.1, 0.15) is 18.9 Å². The summed E-state index contributed by atoms with van der Waals surface area (Å²) in [5, 5.41) is 4.23. The molecule has 64 valence electrons. The van der Waals surface area contributed by atoms with Crippen LogP contribution < -0.4 is 5.32 Å². The molecule has 0 amide bonds. The van der Waals surface area contributed by atoms with Crippen molar-refractivity contribution in [1.82, 2.24) is 0 Å². The van der Waals surface area contributed by atoms with E-state index in [0.717, 1.165) is 5.02 Å². The van der Waals surface area contributed by atoms with Crippen molar-refractivity contribution in [2.75, 3.05) is 5.32 Å². The Balaban J connectivity index is 2.37. The van der Waals surface area contributed by atoms with Gasteiger partial charge in [-0.2, -0.15) is 0 Å². The van der Waals surface area contributed by atoms with Crippen LogP contribution in [0.25, 0.3) is 0 Å². The Morgan fingerprint density at radius 3 is 3.17 bits per heavy atom. The second kappa shape index (κ2) is 2.98.